The minimum absolute atomic E-state index is 0.0336. The first-order valence-corrected chi connectivity index (χ1v) is 10.3. The van der Waals surface area contributed by atoms with Gasteiger partial charge in [-0.25, -0.2) is 4.99 Å². The summed E-state index contributed by atoms with van der Waals surface area (Å²) in [5, 5.41) is 6.46. The Labute approximate surface area is 156 Å². The summed E-state index contributed by atoms with van der Waals surface area (Å²) >= 11 is 1.91. The highest BCUT2D eigenvalue weighted by Gasteiger charge is 2.05. The van der Waals surface area contributed by atoms with Gasteiger partial charge in [0.2, 0.25) is 5.91 Å². The quantitative estimate of drug-likeness (QED) is 0.360. The van der Waals surface area contributed by atoms with Crippen LogP contribution in [-0.2, 0) is 11.3 Å². The molecule has 0 saturated carbocycles. The second kappa shape index (κ2) is 13.6. The van der Waals surface area contributed by atoms with E-state index in [0.29, 0.717) is 12.5 Å². The summed E-state index contributed by atoms with van der Waals surface area (Å²) in [7, 11) is 3.51. The lowest BCUT2D eigenvalue weighted by atomic mass is 10.2. The van der Waals surface area contributed by atoms with Crippen LogP contribution < -0.4 is 10.6 Å². The molecule has 25 heavy (non-hydrogen) atoms. The van der Waals surface area contributed by atoms with Gasteiger partial charge in [0, 0.05) is 20.6 Å². The standard InChI is InChI=1S/C19H32N4OS/c1-23(2)18(24)16-22-19(20-13-9-4-5-10-14-25-3)21-15-17-11-7-6-8-12-17/h6-8,11-12H,4-5,9-10,13-16H2,1-3H3,(H2,20,21,22). The molecule has 0 spiro atoms. The molecule has 2 N–H and O–H groups in total. The Morgan fingerprint density at radius 2 is 1.80 bits per heavy atom. The van der Waals surface area contributed by atoms with Crippen LogP contribution in [0.1, 0.15) is 31.2 Å². The summed E-state index contributed by atoms with van der Waals surface area (Å²) in [5.74, 6) is 1.97. The van der Waals surface area contributed by atoms with Gasteiger partial charge in [0.15, 0.2) is 5.96 Å². The molecule has 1 aromatic rings. The third kappa shape index (κ3) is 10.7. The van der Waals surface area contributed by atoms with Gasteiger partial charge < -0.3 is 15.5 Å². The molecule has 0 atom stereocenters. The maximum absolute atomic E-state index is 11.8. The van der Waals surface area contributed by atoms with Crippen molar-refractivity contribution < 1.29 is 4.79 Å². The van der Waals surface area contributed by atoms with Gasteiger partial charge in [0.25, 0.3) is 0 Å². The Morgan fingerprint density at radius 1 is 1.08 bits per heavy atom. The van der Waals surface area contributed by atoms with Crippen molar-refractivity contribution in [3.05, 3.63) is 35.9 Å². The molecule has 6 heteroatoms. The highest BCUT2D eigenvalue weighted by atomic mass is 32.2. The van der Waals surface area contributed by atoms with Gasteiger partial charge in [-0.2, -0.15) is 11.8 Å². The number of carbonyl (C=O) groups excluding carboxylic acids is 1. The van der Waals surface area contributed by atoms with E-state index in [1.807, 2.05) is 30.0 Å². The number of carbonyl (C=O) groups is 1. The van der Waals surface area contributed by atoms with E-state index in [4.69, 9.17) is 0 Å². The SMILES string of the molecule is CSCCCCCCNC(=NCc1ccccc1)NCC(=O)N(C)C. The van der Waals surface area contributed by atoms with Crippen LogP contribution in [0.25, 0.3) is 0 Å². The average molecular weight is 365 g/mol. The summed E-state index contributed by atoms with van der Waals surface area (Å²) < 4.78 is 0. The van der Waals surface area contributed by atoms with Crippen molar-refractivity contribution in [2.45, 2.75) is 32.2 Å². The van der Waals surface area contributed by atoms with Gasteiger partial charge in [-0.15, -0.1) is 0 Å². The fourth-order valence-corrected chi connectivity index (χ4v) is 2.67. The molecule has 0 fully saturated rings. The molecule has 0 aliphatic carbocycles. The number of unbranched alkanes of at least 4 members (excludes halogenated alkanes) is 3. The molecule has 0 aromatic heterocycles. The Hall–Kier alpha value is -1.69. The number of likely N-dealkylation sites (N-methyl/N-ethyl adjacent to an activating group) is 1. The second-order valence-electron chi connectivity index (χ2n) is 6.13. The zero-order valence-corrected chi connectivity index (χ0v) is 16.6. The lowest BCUT2D eigenvalue weighted by Gasteiger charge is -2.15. The third-order valence-electron chi connectivity index (χ3n) is 3.74. The zero-order valence-electron chi connectivity index (χ0n) is 15.8. The van der Waals surface area contributed by atoms with Gasteiger partial charge in [-0.3, -0.25) is 4.79 Å². The predicted molar refractivity (Wildman–Crippen MR) is 109 cm³/mol. The van der Waals surface area contributed by atoms with Crippen LogP contribution in [0.4, 0.5) is 0 Å². The number of nitrogens with zero attached hydrogens (tertiary/aromatic N) is 2. The van der Waals surface area contributed by atoms with Gasteiger partial charge in [-0.05, 0) is 30.4 Å². The van der Waals surface area contributed by atoms with E-state index in [0.717, 1.165) is 18.5 Å². The van der Waals surface area contributed by atoms with E-state index in [1.165, 1.54) is 25.0 Å². The molecule has 5 nitrogen and oxygen atoms in total. The molecule has 0 heterocycles. The van der Waals surface area contributed by atoms with Crippen molar-refractivity contribution in [3.63, 3.8) is 0 Å². The van der Waals surface area contributed by atoms with E-state index in [-0.39, 0.29) is 12.5 Å². The Kier molecular flexibility index (Phi) is 11.6. The molecule has 1 amide bonds. The molecule has 0 aliphatic heterocycles. The molecule has 140 valence electrons. The monoisotopic (exact) mass is 364 g/mol. The first-order chi connectivity index (χ1) is 12.1. The van der Waals surface area contributed by atoms with Crippen molar-refractivity contribution in [3.8, 4) is 0 Å². The Bertz CT molecular complexity index is 505. The van der Waals surface area contributed by atoms with Gasteiger partial charge in [0.1, 0.15) is 0 Å². The predicted octanol–water partition coefficient (Wildman–Crippen LogP) is 2.73. The largest absolute Gasteiger partial charge is 0.356 e. The van der Waals surface area contributed by atoms with Gasteiger partial charge in [-0.1, -0.05) is 43.2 Å². The van der Waals surface area contributed by atoms with E-state index >= 15 is 0 Å². The maximum Gasteiger partial charge on any atom is 0.241 e. The number of hydrogen-bond donors (Lipinski definition) is 2. The number of nitrogens with one attached hydrogen (secondary N) is 2. The summed E-state index contributed by atoms with van der Waals surface area (Å²) in [6.07, 6.45) is 7.03. The van der Waals surface area contributed by atoms with Gasteiger partial charge in [0.05, 0.1) is 13.1 Å². The minimum atomic E-state index is 0.0336. The Morgan fingerprint density at radius 3 is 2.48 bits per heavy atom. The highest BCUT2D eigenvalue weighted by Crippen LogP contribution is 2.04. The number of benzene rings is 1. The maximum atomic E-state index is 11.8. The Balaban J connectivity index is 2.42. The topological polar surface area (TPSA) is 56.7 Å². The molecule has 0 saturated heterocycles. The third-order valence-corrected chi connectivity index (χ3v) is 4.43. The van der Waals surface area contributed by atoms with Crippen LogP contribution in [0.2, 0.25) is 0 Å². The molecular weight excluding hydrogens is 332 g/mol. The number of guanidine groups is 1. The average Bonchev–Trinajstić information content (AvgIpc) is 2.63. The summed E-state index contributed by atoms with van der Waals surface area (Å²) in [6.45, 7) is 1.72. The van der Waals surface area contributed by atoms with Crippen molar-refractivity contribution >= 4 is 23.6 Å². The van der Waals surface area contributed by atoms with Gasteiger partial charge >= 0.3 is 0 Å². The summed E-state index contributed by atoms with van der Waals surface area (Å²) in [5.41, 5.74) is 1.15. The van der Waals surface area contributed by atoms with E-state index in [9.17, 15) is 4.79 Å². The lowest BCUT2D eigenvalue weighted by molar-refractivity contribution is -0.127. The van der Waals surface area contributed by atoms with Crippen LogP contribution in [-0.4, -0.2) is 56.0 Å². The molecule has 1 aromatic carbocycles. The number of aliphatic imine (C=N–C) groups is 1. The van der Waals surface area contributed by atoms with Crippen LogP contribution in [0.15, 0.2) is 35.3 Å². The van der Waals surface area contributed by atoms with Crippen LogP contribution in [0, 0.1) is 0 Å². The fourth-order valence-electron chi connectivity index (χ4n) is 2.18. The number of thioether (sulfide) groups is 1. The second-order valence-corrected chi connectivity index (χ2v) is 7.11. The van der Waals surface area contributed by atoms with Crippen molar-refractivity contribution in [2.75, 3.05) is 39.2 Å². The molecule has 0 unspecified atom stereocenters. The smallest absolute Gasteiger partial charge is 0.241 e. The molecule has 0 radical (unpaired) electrons. The lowest BCUT2D eigenvalue weighted by Crippen LogP contribution is -2.43. The van der Waals surface area contributed by atoms with Crippen LogP contribution in [0.3, 0.4) is 0 Å². The van der Waals surface area contributed by atoms with Crippen LogP contribution >= 0.6 is 11.8 Å². The molecule has 0 bridgehead atoms. The van der Waals surface area contributed by atoms with E-state index < -0.39 is 0 Å². The first-order valence-electron chi connectivity index (χ1n) is 8.88. The van der Waals surface area contributed by atoms with Crippen LogP contribution in [0.5, 0.6) is 0 Å². The molecule has 1 rings (SSSR count). The summed E-state index contributed by atoms with van der Waals surface area (Å²) in [4.78, 5) is 17.9. The number of rotatable bonds is 11. The number of amides is 1. The fraction of sp³-hybridized carbons (Fsp3) is 0.579. The normalized spacial score (nSPS) is 11.2. The molecular formula is C19H32N4OS. The highest BCUT2D eigenvalue weighted by molar-refractivity contribution is 7.98. The van der Waals surface area contributed by atoms with Crippen molar-refractivity contribution in [2.24, 2.45) is 4.99 Å². The van der Waals surface area contributed by atoms with E-state index in [1.54, 1.807) is 19.0 Å². The molecule has 0 aliphatic rings. The van der Waals surface area contributed by atoms with Crippen molar-refractivity contribution in [1.82, 2.24) is 15.5 Å². The van der Waals surface area contributed by atoms with Crippen molar-refractivity contribution in [1.29, 1.82) is 0 Å². The van der Waals surface area contributed by atoms with E-state index in [2.05, 4.69) is 34.0 Å². The first kappa shape index (κ1) is 21.4. The zero-order chi connectivity index (χ0) is 18.3. The minimum Gasteiger partial charge on any atom is -0.356 e. The number of hydrogen-bond acceptors (Lipinski definition) is 3. The summed E-state index contributed by atoms with van der Waals surface area (Å²) in [6, 6.07) is 10.1.